The maximum absolute atomic E-state index is 11.2. The Labute approximate surface area is 171 Å². The first-order valence-corrected chi connectivity index (χ1v) is 10.3. The van der Waals surface area contributed by atoms with Gasteiger partial charge in [0.05, 0.1) is 0 Å². The van der Waals surface area contributed by atoms with Crippen molar-refractivity contribution in [2.75, 3.05) is 0 Å². The van der Waals surface area contributed by atoms with Crippen molar-refractivity contribution < 1.29 is 23.5 Å². The molecule has 0 fully saturated rings. The van der Waals surface area contributed by atoms with Crippen LogP contribution in [0.3, 0.4) is 0 Å². The van der Waals surface area contributed by atoms with Gasteiger partial charge < -0.3 is 9.63 Å². The molecule has 0 aliphatic rings. The van der Waals surface area contributed by atoms with Gasteiger partial charge in [0.25, 0.3) is 0 Å². The predicted octanol–water partition coefficient (Wildman–Crippen LogP) is 5.01. The van der Waals surface area contributed by atoms with Crippen LogP contribution < -0.4 is 5.32 Å². The third-order valence-corrected chi connectivity index (χ3v) is 4.25. The van der Waals surface area contributed by atoms with Crippen molar-refractivity contribution in [3.63, 3.8) is 0 Å². The maximum atomic E-state index is 11.2. The fourth-order valence-electron chi connectivity index (χ4n) is 2.37. The van der Waals surface area contributed by atoms with Crippen molar-refractivity contribution in [1.29, 1.82) is 0 Å². The van der Waals surface area contributed by atoms with Gasteiger partial charge in [-0.1, -0.05) is 91.0 Å². The van der Waals surface area contributed by atoms with Crippen LogP contribution in [0.2, 0.25) is 0 Å². The first-order valence-electron chi connectivity index (χ1n) is 9.02. The number of nitrogens with one attached hydrogen (secondary N) is 1. The molecule has 7 heteroatoms. The molecule has 3 aromatic carbocycles. The van der Waals surface area contributed by atoms with E-state index >= 15 is 0 Å². The molecule has 1 amide bonds. The van der Waals surface area contributed by atoms with Crippen LogP contribution in [-0.4, -0.2) is 17.2 Å². The zero-order valence-corrected chi connectivity index (χ0v) is 17.0. The highest BCUT2D eigenvalue weighted by molar-refractivity contribution is 7.32. The number of hydrogen-bond acceptors (Lipinski definition) is 4. The molecule has 0 aromatic heterocycles. The van der Waals surface area contributed by atoms with Gasteiger partial charge in [-0.3, -0.25) is 14.4 Å². The van der Waals surface area contributed by atoms with Gasteiger partial charge in [-0.05, 0) is 23.6 Å². The Bertz CT molecular complexity index is 838. The molecule has 6 nitrogen and oxygen atoms in total. The Morgan fingerprint density at radius 3 is 1.79 bits per heavy atom. The molecule has 2 N–H and O–H groups in total. The SMILES string of the molecule is CC(NC(=O)OCc1ccccc1)O[PH](=O)O.c1ccc(-c2ccccc2)cc1. The lowest BCUT2D eigenvalue weighted by molar-refractivity contribution is 0.110. The van der Waals surface area contributed by atoms with Crippen LogP contribution in [0.25, 0.3) is 11.1 Å². The summed E-state index contributed by atoms with van der Waals surface area (Å²) in [7, 11) is -3.07. The Morgan fingerprint density at radius 2 is 1.34 bits per heavy atom. The fourth-order valence-corrected chi connectivity index (χ4v) is 2.73. The minimum absolute atomic E-state index is 0.133. The summed E-state index contributed by atoms with van der Waals surface area (Å²) in [6, 6.07) is 29.9. The van der Waals surface area contributed by atoms with Crippen LogP contribution in [0.1, 0.15) is 12.5 Å². The predicted molar refractivity (Wildman–Crippen MR) is 113 cm³/mol. The summed E-state index contributed by atoms with van der Waals surface area (Å²) in [5, 5.41) is 2.26. The summed E-state index contributed by atoms with van der Waals surface area (Å²) in [5.41, 5.74) is 3.41. The quantitative estimate of drug-likeness (QED) is 0.438. The zero-order chi connectivity index (χ0) is 20.9. The number of carbonyl (C=O) groups excluding carboxylic acids is 1. The van der Waals surface area contributed by atoms with E-state index in [4.69, 9.17) is 9.63 Å². The lowest BCUT2D eigenvalue weighted by atomic mass is 10.1. The maximum Gasteiger partial charge on any atom is 0.409 e. The normalized spacial score (nSPS) is 12.1. The van der Waals surface area contributed by atoms with Gasteiger partial charge in [-0.2, -0.15) is 0 Å². The second-order valence-corrected chi connectivity index (χ2v) is 6.73. The number of hydrogen-bond donors (Lipinski definition) is 2. The molecular weight excluding hydrogens is 389 g/mol. The number of benzene rings is 3. The van der Waals surface area contributed by atoms with Gasteiger partial charge in [0.15, 0.2) is 0 Å². The van der Waals surface area contributed by atoms with E-state index in [9.17, 15) is 9.36 Å². The molecule has 2 unspecified atom stereocenters. The molecule has 0 aliphatic heterocycles. The van der Waals surface area contributed by atoms with Crippen molar-refractivity contribution >= 4 is 14.3 Å². The molecule has 0 saturated heterocycles. The van der Waals surface area contributed by atoms with E-state index in [2.05, 4.69) is 58.4 Å². The molecule has 2 atom stereocenters. The van der Waals surface area contributed by atoms with E-state index in [0.717, 1.165) is 5.56 Å². The van der Waals surface area contributed by atoms with Crippen molar-refractivity contribution in [2.24, 2.45) is 0 Å². The summed E-state index contributed by atoms with van der Waals surface area (Å²) < 4.78 is 19.7. The van der Waals surface area contributed by atoms with E-state index < -0.39 is 20.6 Å². The highest BCUT2D eigenvalue weighted by atomic mass is 31.1. The van der Waals surface area contributed by atoms with E-state index in [1.54, 1.807) is 0 Å². The number of rotatable bonds is 6. The van der Waals surface area contributed by atoms with Crippen molar-refractivity contribution in [2.45, 2.75) is 19.8 Å². The standard InChI is InChI=1S/C12H10.C10H14NO5P/c1-3-7-11(8-4-1)12-9-5-2-6-10-12;1-8(16-17(13)14)11-10(12)15-7-9-5-3-2-4-6-9/h1-10H;2-6,8,17H,7H2,1H3,(H,11,12)(H,13,14). The number of carbonyl (C=O) groups is 1. The van der Waals surface area contributed by atoms with E-state index in [-0.39, 0.29) is 6.61 Å². The van der Waals surface area contributed by atoms with Gasteiger partial charge in [-0.15, -0.1) is 0 Å². The molecule has 3 aromatic rings. The molecule has 0 radical (unpaired) electrons. The third-order valence-electron chi connectivity index (χ3n) is 3.69. The highest BCUT2D eigenvalue weighted by Gasteiger charge is 2.10. The smallest absolute Gasteiger partial charge is 0.409 e. The zero-order valence-electron chi connectivity index (χ0n) is 16.0. The summed E-state index contributed by atoms with van der Waals surface area (Å²) in [4.78, 5) is 19.7. The lowest BCUT2D eigenvalue weighted by Crippen LogP contribution is -2.33. The topological polar surface area (TPSA) is 84.9 Å². The fraction of sp³-hybridized carbons (Fsp3) is 0.136. The lowest BCUT2D eigenvalue weighted by Gasteiger charge is -2.12. The number of ether oxygens (including phenoxy) is 1. The van der Waals surface area contributed by atoms with E-state index in [1.807, 2.05) is 42.5 Å². The first-order chi connectivity index (χ1) is 14.0. The van der Waals surface area contributed by atoms with Crippen LogP contribution in [0.4, 0.5) is 4.79 Å². The van der Waals surface area contributed by atoms with E-state index in [1.165, 1.54) is 18.1 Å². The Kier molecular flexibility index (Phi) is 9.66. The molecule has 3 rings (SSSR count). The van der Waals surface area contributed by atoms with Crippen LogP contribution in [-0.2, 0) is 20.4 Å². The summed E-state index contributed by atoms with van der Waals surface area (Å²) in [5.74, 6) is 0. The summed E-state index contributed by atoms with van der Waals surface area (Å²) in [6.45, 7) is 1.57. The second kappa shape index (κ2) is 12.5. The van der Waals surface area contributed by atoms with Crippen LogP contribution in [0, 0.1) is 0 Å². The average molecular weight is 413 g/mol. The minimum atomic E-state index is -3.07. The second-order valence-electron chi connectivity index (χ2n) is 5.96. The van der Waals surface area contributed by atoms with Gasteiger partial charge in [0.1, 0.15) is 12.8 Å². The number of amides is 1. The molecule has 152 valence electrons. The van der Waals surface area contributed by atoms with Crippen molar-refractivity contribution in [3.05, 3.63) is 96.6 Å². The van der Waals surface area contributed by atoms with Crippen LogP contribution >= 0.6 is 8.25 Å². The molecular formula is C22H24NO5P. The van der Waals surface area contributed by atoms with Gasteiger partial charge >= 0.3 is 14.3 Å². The van der Waals surface area contributed by atoms with Gasteiger partial charge in [-0.25, -0.2) is 4.79 Å². The third kappa shape index (κ3) is 9.21. The molecule has 0 saturated carbocycles. The number of alkyl carbamates (subject to hydrolysis) is 1. The molecule has 0 spiro atoms. The van der Waals surface area contributed by atoms with Crippen molar-refractivity contribution in [1.82, 2.24) is 5.32 Å². The van der Waals surface area contributed by atoms with Crippen LogP contribution in [0.15, 0.2) is 91.0 Å². The summed E-state index contributed by atoms with van der Waals surface area (Å²) >= 11 is 0. The molecule has 0 aliphatic carbocycles. The molecule has 0 heterocycles. The summed E-state index contributed by atoms with van der Waals surface area (Å²) in [6.07, 6.45) is -1.57. The largest absolute Gasteiger partial charge is 0.445 e. The Hall–Kier alpha value is -2.92. The molecule has 0 bridgehead atoms. The minimum Gasteiger partial charge on any atom is -0.445 e. The Balaban J connectivity index is 0.000000218. The van der Waals surface area contributed by atoms with Gasteiger partial charge in [0.2, 0.25) is 0 Å². The first kappa shape index (κ1) is 22.4. The van der Waals surface area contributed by atoms with E-state index in [0.29, 0.717) is 0 Å². The monoisotopic (exact) mass is 413 g/mol. The highest BCUT2D eigenvalue weighted by Crippen LogP contribution is 2.17. The average Bonchev–Trinajstić information content (AvgIpc) is 2.74. The van der Waals surface area contributed by atoms with Gasteiger partial charge in [0, 0.05) is 0 Å². The Morgan fingerprint density at radius 1 is 0.897 bits per heavy atom. The van der Waals surface area contributed by atoms with Crippen LogP contribution in [0.5, 0.6) is 0 Å². The van der Waals surface area contributed by atoms with Crippen molar-refractivity contribution in [3.8, 4) is 11.1 Å². The molecule has 29 heavy (non-hydrogen) atoms.